The second-order valence-electron chi connectivity index (χ2n) is 7.13. The number of carbonyl (C=O) groups is 1. The molecule has 1 N–H and O–H groups in total. The highest BCUT2D eigenvalue weighted by Crippen LogP contribution is 2.19. The summed E-state index contributed by atoms with van der Waals surface area (Å²) in [6.45, 7) is 2.27. The van der Waals surface area contributed by atoms with E-state index in [2.05, 4.69) is 25.7 Å². The van der Waals surface area contributed by atoms with Crippen LogP contribution in [0.15, 0.2) is 42.5 Å². The van der Waals surface area contributed by atoms with Crippen molar-refractivity contribution in [1.82, 2.24) is 35.1 Å². The van der Waals surface area contributed by atoms with Crippen LogP contribution in [0.5, 0.6) is 0 Å². The van der Waals surface area contributed by atoms with Crippen LogP contribution in [-0.2, 0) is 18.3 Å². The van der Waals surface area contributed by atoms with Gasteiger partial charge in [-0.15, -0.1) is 10.2 Å². The Morgan fingerprint density at radius 1 is 1.23 bits per heavy atom. The van der Waals surface area contributed by atoms with E-state index in [-0.39, 0.29) is 11.7 Å². The number of nitrogens with one attached hydrogen (secondary N) is 1. The van der Waals surface area contributed by atoms with E-state index >= 15 is 0 Å². The lowest BCUT2D eigenvalue weighted by molar-refractivity contribution is -0.125. The first-order valence-corrected chi connectivity index (χ1v) is 10.3. The molecule has 160 valence electrons. The van der Waals surface area contributed by atoms with Gasteiger partial charge in [0.05, 0.1) is 11.0 Å². The van der Waals surface area contributed by atoms with Crippen molar-refractivity contribution in [2.45, 2.75) is 25.8 Å². The maximum absolute atomic E-state index is 13.5. The smallest absolute Gasteiger partial charge is 0.246 e. The number of nitrogens with zero attached hydrogens (tertiary/aromatic N) is 6. The number of hydrogen-bond acceptors (Lipinski definition) is 5. The SMILES string of the molecule is CCC(C(=O)NCCc1nc2ccc(F)cc2n1C)n1nnc(-c2ccc(Cl)cc2)n1. The molecule has 0 saturated heterocycles. The van der Waals surface area contributed by atoms with Gasteiger partial charge < -0.3 is 9.88 Å². The van der Waals surface area contributed by atoms with Crippen molar-refractivity contribution in [1.29, 1.82) is 0 Å². The Hall–Kier alpha value is -3.33. The van der Waals surface area contributed by atoms with Crippen LogP contribution in [-0.4, -0.2) is 42.2 Å². The highest BCUT2D eigenvalue weighted by Gasteiger charge is 2.22. The molecule has 0 spiro atoms. The molecule has 10 heteroatoms. The number of tetrazole rings is 1. The van der Waals surface area contributed by atoms with Crippen molar-refractivity contribution in [3.63, 3.8) is 0 Å². The average molecular weight is 442 g/mol. The maximum atomic E-state index is 13.5. The van der Waals surface area contributed by atoms with Crippen LogP contribution in [0.4, 0.5) is 4.39 Å². The number of aromatic nitrogens is 6. The Balaban J connectivity index is 1.41. The van der Waals surface area contributed by atoms with Crippen molar-refractivity contribution in [2.24, 2.45) is 7.05 Å². The van der Waals surface area contributed by atoms with Gasteiger partial charge in [0, 0.05) is 30.6 Å². The molecule has 8 nitrogen and oxygen atoms in total. The number of rotatable bonds is 7. The summed E-state index contributed by atoms with van der Waals surface area (Å²) in [7, 11) is 1.83. The minimum Gasteiger partial charge on any atom is -0.354 e. The van der Waals surface area contributed by atoms with E-state index in [1.54, 1.807) is 30.3 Å². The van der Waals surface area contributed by atoms with Gasteiger partial charge in [-0.1, -0.05) is 18.5 Å². The first-order valence-electron chi connectivity index (χ1n) is 9.90. The summed E-state index contributed by atoms with van der Waals surface area (Å²) in [5, 5.41) is 16.0. The molecule has 2 aromatic carbocycles. The molecular formula is C21H21ClFN7O. The molecule has 0 aliphatic heterocycles. The van der Waals surface area contributed by atoms with Gasteiger partial charge in [0.1, 0.15) is 11.6 Å². The van der Waals surface area contributed by atoms with Crippen molar-refractivity contribution in [3.8, 4) is 11.4 Å². The average Bonchev–Trinajstić information content (AvgIpc) is 3.35. The summed E-state index contributed by atoms with van der Waals surface area (Å²) < 4.78 is 15.3. The van der Waals surface area contributed by atoms with E-state index in [0.717, 1.165) is 16.9 Å². The lowest BCUT2D eigenvalue weighted by atomic mass is 10.2. The molecule has 1 amide bonds. The van der Waals surface area contributed by atoms with Gasteiger partial charge in [-0.05, 0) is 54.1 Å². The molecule has 1 unspecified atom stereocenters. The van der Waals surface area contributed by atoms with Crippen LogP contribution < -0.4 is 5.32 Å². The summed E-state index contributed by atoms with van der Waals surface area (Å²) in [5.74, 6) is 0.680. The van der Waals surface area contributed by atoms with E-state index in [9.17, 15) is 9.18 Å². The predicted octanol–water partition coefficient (Wildman–Crippen LogP) is 3.33. The lowest BCUT2D eigenvalue weighted by Crippen LogP contribution is -2.35. The van der Waals surface area contributed by atoms with Crippen molar-refractivity contribution in [2.75, 3.05) is 6.54 Å². The van der Waals surface area contributed by atoms with E-state index < -0.39 is 6.04 Å². The van der Waals surface area contributed by atoms with Gasteiger partial charge in [0.25, 0.3) is 0 Å². The van der Waals surface area contributed by atoms with Crippen molar-refractivity contribution >= 4 is 28.5 Å². The molecule has 4 rings (SSSR count). The van der Waals surface area contributed by atoms with Crippen LogP contribution in [0.3, 0.4) is 0 Å². The summed E-state index contributed by atoms with van der Waals surface area (Å²) >= 11 is 5.91. The maximum Gasteiger partial charge on any atom is 0.246 e. The van der Waals surface area contributed by atoms with Crippen LogP contribution >= 0.6 is 11.6 Å². The normalized spacial score (nSPS) is 12.3. The Morgan fingerprint density at radius 2 is 2.00 bits per heavy atom. The quantitative estimate of drug-likeness (QED) is 0.475. The second kappa shape index (κ2) is 8.81. The minimum atomic E-state index is -0.580. The number of amides is 1. The molecule has 2 heterocycles. The molecule has 4 aromatic rings. The van der Waals surface area contributed by atoms with E-state index in [0.29, 0.717) is 35.8 Å². The molecule has 0 radical (unpaired) electrons. The van der Waals surface area contributed by atoms with Crippen LogP contribution in [0.25, 0.3) is 22.4 Å². The molecule has 0 saturated carbocycles. The molecule has 31 heavy (non-hydrogen) atoms. The first kappa shape index (κ1) is 20.9. The number of carbonyl (C=O) groups excluding carboxylic acids is 1. The van der Waals surface area contributed by atoms with E-state index in [4.69, 9.17) is 11.6 Å². The molecule has 2 aromatic heterocycles. The van der Waals surface area contributed by atoms with Crippen LogP contribution in [0.1, 0.15) is 25.2 Å². The number of aryl methyl sites for hydroxylation is 1. The summed E-state index contributed by atoms with van der Waals surface area (Å²) in [6.07, 6.45) is 1.02. The third kappa shape index (κ3) is 4.41. The molecule has 0 aliphatic rings. The fourth-order valence-corrected chi connectivity index (χ4v) is 3.50. The van der Waals surface area contributed by atoms with E-state index in [1.165, 1.54) is 16.9 Å². The minimum absolute atomic E-state index is 0.202. The molecule has 1 atom stereocenters. The first-order chi connectivity index (χ1) is 15.0. The monoisotopic (exact) mass is 441 g/mol. The predicted molar refractivity (Wildman–Crippen MR) is 115 cm³/mol. The zero-order valence-corrected chi connectivity index (χ0v) is 17.8. The summed E-state index contributed by atoms with van der Waals surface area (Å²) in [4.78, 5) is 18.6. The van der Waals surface area contributed by atoms with Gasteiger partial charge in [0.2, 0.25) is 11.7 Å². The molecule has 0 fully saturated rings. The largest absolute Gasteiger partial charge is 0.354 e. The standard InChI is InChI=1S/C21H21ClFN7O/c1-3-17(30-27-20(26-28-30)13-4-6-14(22)7-5-13)21(31)24-11-10-19-25-16-9-8-15(23)12-18(16)29(19)2/h4-9,12,17H,3,10-11H2,1-2H3,(H,24,31). The Kier molecular flexibility index (Phi) is 5.94. The summed E-state index contributed by atoms with van der Waals surface area (Å²) in [6, 6.07) is 11.0. The van der Waals surface area contributed by atoms with Crippen LogP contribution in [0.2, 0.25) is 5.02 Å². The van der Waals surface area contributed by atoms with Gasteiger partial charge in [-0.3, -0.25) is 4.79 Å². The fraction of sp³-hybridized carbons (Fsp3) is 0.286. The highest BCUT2D eigenvalue weighted by atomic mass is 35.5. The Bertz CT molecular complexity index is 1220. The molecular weight excluding hydrogens is 421 g/mol. The molecule has 0 bridgehead atoms. The Labute approximate surface area is 183 Å². The number of hydrogen-bond donors (Lipinski definition) is 1. The van der Waals surface area contributed by atoms with Crippen LogP contribution in [0, 0.1) is 5.82 Å². The Morgan fingerprint density at radius 3 is 2.74 bits per heavy atom. The number of fused-ring (bicyclic) bond motifs is 1. The lowest BCUT2D eigenvalue weighted by Gasteiger charge is -2.13. The second-order valence-corrected chi connectivity index (χ2v) is 7.56. The zero-order chi connectivity index (χ0) is 22.0. The third-order valence-electron chi connectivity index (χ3n) is 5.08. The van der Waals surface area contributed by atoms with Gasteiger partial charge in [0.15, 0.2) is 6.04 Å². The highest BCUT2D eigenvalue weighted by molar-refractivity contribution is 6.30. The summed E-state index contributed by atoms with van der Waals surface area (Å²) in [5.41, 5.74) is 2.21. The van der Waals surface area contributed by atoms with E-state index in [1.807, 2.05) is 18.5 Å². The zero-order valence-electron chi connectivity index (χ0n) is 17.1. The third-order valence-corrected chi connectivity index (χ3v) is 5.33. The van der Waals surface area contributed by atoms with Crippen molar-refractivity contribution < 1.29 is 9.18 Å². The van der Waals surface area contributed by atoms with Crippen molar-refractivity contribution in [3.05, 3.63) is 59.1 Å². The van der Waals surface area contributed by atoms with Gasteiger partial charge in [-0.2, -0.15) is 4.80 Å². The molecule has 0 aliphatic carbocycles. The topological polar surface area (TPSA) is 90.5 Å². The number of imidazole rings is 1. The number of benzene rings is 2. The van der Waals surface area contributed by atoms with Gasteiger partial charge >= 0.3 is 0 Å². The fourth-order valence-electron chi connectivity index (χ4n) is 3.38. The number of halogens is 2. The van der Waals surface area contributed by atoms with Gasteiger partial charge in [-0.25, -0.2) is 9.37 Å².